The van der Waals surface area contributed by atoms with Gasteiger partial charge in [-0.2, -0.15) is 0 Å². The fraction of sp³-hybridized carbons (Fsp3) is 0.0769. The third-order valence-corrected chi connectivity index (χ3v) is 3.77. The molecule has 0 aliphatic rings. The van der Waals surface area contributed by atoms with Gasteiger partial charge in [0.15, 0.2) is 9.84 Å². The van der Waals surface area contributed by atoms with Crippen LogP contribution in [0.4, 0.5) is 0 Å². The Hall–Kier alpha value is -1.39. The molecule has 0 bridgehead atoms. The lowest BCUT2D eigenvalue weighted by atomic mass is 10.1. The van der Waals surface area contributed by atoms with E-state index in [2.05, 4.69) is 0 Å². The predicted octanol–water partition coefficient (Wildman–Crippen LogP) is 3.18. The number of hydrogen-bond acceptors (Lipinski definition) is 3. The van der Waals surface area contributed by atoms with Gasteiger partial charge in [0.1, 0.15) is 0 Å². The third-order valence-electron chi connectivity index (χ3n) is 2.20. The molecule has 0 fully saturated rings. The van der Waals surface area contributed by atoms with Crippen LogP contribution in [-0.4, -0.2) is 14.7 Å². The first-order valence-corrected chi connectivity index (χ1v) is 7.91. The molecule has 0 amide bonds. The van der Waals surface area contributed by atoms with E-state index in [1.165, 1.54) is 23.0 Å². The van der Waals surface area contributed by atoms with Crippen molar-refractivity contribution in [1.82, 2.24) is 0 Å². The molecule has 0 saturated carbocycles. The van der Waals surface area contributed by atoms with Crippen LogP contribution in [0, 0.1) is 0 Å². The Morgan fingerprint density at radius 1 is 1.12 bits per heavy atom. The Kier molecular flexibility index (Phi) is 3.45. The molecule has 0 atom stereocenters. The second-order valence-corrected chi connectivity index (χ2v) is 6.55. The number of rotatable bonds is 3. The molecule has 2 nitrogen and oxygen atoms in total. The lowest BCUT2D eigenvalue weighted by molar-refractivity contribution is 0.610. The molecule has 1 aromatic heterocycles. The zero-order chi connectivity index (χ0) is 12.3. The van der Waals surface area contributed by atoms with E-state index in [1.54, 1.807) is 0 Å². The minimum Gasteiger partial charge on any atom is -0.225 e. The van der Waals surface area contributed by atoms with E-state index in [9.17, 15) is 8.42 Å². The van der Waals surface area contributed by atoms with Crippen molar-refractivity contribution in [2.75, 3.05) is 6.26 Å². The van der Waals surface area contributed by atoms with Crippen LogP contribution in [0.2, 0.25) is 0 Å². The zero-order valence-corrected chi connectivity index (χ0v) is 11.0. The summed E-state index contributed by atoms with van der Waals surface area (Å²) in [5.41, 5.74) is 1.67. The molecule has 4 heteroatoms. The van der Waals surface area contributed by atoms with Gasteiger partial charge in [-0.25, -0.2) is 8.42 Å². The van der Waals surface area contributed by atoms with Crippen molar-refractivity contribution in [3.05, 3.63) is 63.7 Å². The van der Waals surface area contributed by atoms with Gasteiger partial charge in [-0.1, -0.05) is 36.4 Å². The molecule has 0 aliphatic heterocycles. The van der Waals surface area contributed by atoms with Gasteiger partial charge in [0.2, 0.25) is 0 Å². The summed E-state index contributed by atoms with van der Waals surface area (Å²) >= 11 is 1.53. The van der Waals surface area contributed by atoms with Gasteiger partial charge in [-0.05, 0) is 17.0 Å². The summed E-state index contributed by atoms with van der Waals surface area (Å²) in [6, 6.07) is 13.4. The Morgan fingerprint density at radius 3 is 2.35 bits per heavy atom. The lowest BCUT2D eigenvalue weighted by Crippen LogP contribution is -1.93. The molecular formula is C13H12O2S2. The highest BCUT2D eigenvalue weighted by molar-refractivity contribution is 7.93. The van der Waals surface area contributed by atoms with Crippen molar-refractivity contribution in [2.24, 2.45) is 0 Å². The van der Waals surface area contributed by atoms with Crippen LogP contribution in [0.25, 0.3) is 5.57 Å². The minimum atomic E-state index is -3.15. The first-order chi connectivity index (χ1) is 8.06. The predicted molar refractivity (Wildman–Crippen MR) is 72.7 cm³/mol. The highest BCUT2D eigenvalue weighted by atomic mass is 32.2. The van der Waals surface area contributed by atoms with Gasteiger partial charge >= 0.3 is 0 Å². The van der Waals surface area contributed by atoms with Gasteiger partial charge in [-0.15, -0.1) is 11.3 Å². The maximum Gasteiger partial charge on any atom is 0.169 e. The highest BCUT2D eigenvalue weighted by Gasteiger charge is 2.09. The number of sulfone groups is 1. The maximum atomic E-state index is 11.4. The lowest BCUT2D eigenvalue weighted by Gasteiger charge is -2.04. The Balaban J connectivity index is 2.58. The van der Waals surface area contributed by atoms with E-state index in [-0.39, 0.29) is 0 Å². The molecule has 2 rings (SSSR count). The molecule has 1 heterocycles. The van der Waals surface area contributed by atoms with Crippen LogP contribution in [-0.2, 0) is 9.84 Å². The molecule has 0 spiro atoms. The average molecular weight is 264 g/mol. The monoisotopic (exact) mass is 264 g/mol. The van der Waals surface area contributed by atoms with Crippen molar-refractivity contribution in [3.63, 3.8) is 0 Å². The smallest absolute Gasteiger partial charge is 0.169 e. The molecule has 2 aromatic rings. The van der Waals surface area contributed by atoms with Crippen molar-refractivity contribution >= 4 is 26.7 Å². The van der Waals surface area contributed by atoms with E-state index in [0.717, 1.165) is 16.0 Å². The maximum absolute atomic E-state index is 11.4. The van der Waals surface area contributed by atoms with Gasteiger partial charge in [0.05, 0.1) is 0 Å². The summed E-state index contributed by atoms with van der Waals surface area (Å²) in [6.45, 7) is 0. The van der Waals surface area contributed by atoms with Crippen molar-refractivity contribution in [1.29, 1.82) is 0 Å². The van der Waals surface area contributed by atoms with E-state index >= 15 is 0 Å². The molecule has 0 unspecified atom stereocenters. The summed E-state index contributed by atoms with van der Waals surface area (Å²) in [4.78, 5) is 0.960. The zero-order valence-electron chi connectivity index (χ0n) is 9.33. The fourth-order valence-electron chi connectivity index (χ4n) is 1.53. The largest absolute Gasteiger partial charge is 0.225 e. The number of hydrogen-bond donors (Lipinski definition) is 0. The molecule has 17 heavy (non-hydrogen) atoms. The molecule has 0 N–H and O–H groups in total. The standard InChI is InChI=1S/C13H12O2S2/c1-17(14,15)10-12(13-8-5-9-16-13)11-6-3-2-4-7-11/h2-10H,1H3/b12-10-. The van der Waals surface area contributed by atoms with E-state index in [0.29, 0.717) is 0 Å². The molecule has 0 radical (unpaired) electrons. The quantitative estimate of drug-likeness (QED) is 0.853. The Labute approximate surface area is 105 Å². The van der Waals surface area contributed by atoms with Crippen molar-refractivity contribution in [2.45, 2.75) is 0 Å². The minimum absolute atomic E-state index is 0.753. The van der Waals surface area contributed by atoms with Gasteiger partial charge in [0, 0.05) is 22.1 Å². The van der Waals surface area contributed by atoms with E-state index in [1.807, 2.05) is 47.8 Å². The highest BCUT2D eigenvalue weighted by Crippen LogP contribution is 2.27. The molecule has 0 aliphatic carbocycles. The molecule has 1 aromatic carbocycles. The van der Waals surface area contributed by atoms with Crippen LogP contribution < -0.4 is 0 Å². The number of benzene rings is 1. The van der Waals surface area contributed by atoms with Crippen LogP contribution in [0.1, 0.15) is 10.4 Å². The molecule has 88 valence electrons. The Morgan fingerprint density at radius 2 is 1.82 bits per heavy atom. The van der Waals surface area contributed by atoms with Crippen molar-refractivity contribution < 1.29 is 8.42 Å². The fourth-order valence-corrected chi connectivity index (χ4v) is 3.06. The first kappa shape index (κ1) is 12.1. The summed E-state index contributed by atoms with van der Waals surface area (Å²) in [5, 5.41) is 3.27. The SMILES string of the molecule is CS(=O)(=O)/C=C(/c1ccccc1)c1cccs1. The second kappa shape index (κ2) is 4.85. The van der Waals surface area contributed by atoms with Gasteiger partial charge in [0.25, 0.3) is 0 Å². The molecule has 0 saturated heterocycles. The normalized spacial score (nSPS) is 12.6. The van der Waals surface area contributed by atoms with Crippen LogP contribution >= 0.6 is 11.3 Å². The van der Waals surface area contributed by atoms with E-state index in [4.69, 9.17) is 0 Å². The molecular weight excluding hydrogens is 252 g/mol. The summed E-state index contributed by atoms with van der Waals surface area (Å²) in [5.74, 6) is 0. The van der Waals surface area contributed by atoms with Gasteiger partial charge < -0.3 is 0 Å². The van der Waals surface area contributed by atoms with E-state index < -0.39 is 9.84 Å². The van der Waals surface area contributed by atoms with Crippen LogP contribution in [0.15, 0.2) is 53.3 Å². The third kappa shape index (κ3) is 3.28. The van der Waals surface area contributed by atoms with Crippen molar-refractivity contribution in [3.8, 4) is 0 Å². The van der Waals surface area contributed by atoms with Crippen LogP contribution in [0.5, 0.6) is 0 Å². The first-order valence-electron chi connectivity index (χ1n) is 5.07. The van der Waals surface area contributed by atoms with Crippen LogP contribution in [0.3, 0.4) is 0 Å². The summed E-state index contributed by atoms with van der Waals surface area (Å²) in [6.07, 6.45) is 1.21. The second-order valence-electron chi connectivity index (χ2n) is 3.70. The Bertz CT molecular complexity index is 609. The summed E-state index contributed by atoms with van der Waals surface area (Å²) in [7, 11) is -3.15. The number of thiophene rings is 1. The topological polar surface area (TPSA) is 34.1 Å². The van der Waals surface area contributed by atoms with Gasteiger partial charge in [-0.3, -0.25) is 0 Å². The summed E-state index contributed by atoms with van der Waals surface area (Å²) < 4.78 is 22.9. The average Bonchev–Trinajstić information content (AvgIpc) is 2.79.